The van der Waals surface area contributed by atoms with Crippen LogP contribution in [-0.2, 0) is 9.73 Å². The summed E-state index contributed by atoms with van der Waals surface area (Å²) >= 11 is 0. The third kappa shape index (κ3) is 1.98. The molecule has 1 heterocycles. The zero-order valence-corrected chi connectivity index (χ0v) is 7.18. The predicted octanol–water partition coefficient (Wildman–Crippen LogP) is 0.820. The molecular formula is C6H9N3OS. The Morgan fingerprint density at radius 3 is 2.55 bits per heavy atom. The minimum absolute atomic E-state index is 0.296. The van der Waals surface area contributed by atoms with E-state index in [1.807, 2.05) is 0 Å². The van der Waals surface area contributed by atoms with Gasteiger partial charge in [0.15, 0.2) is 0 Å². The SMILES string of the molecule is Cc1cc(S(C)(=N)=O)ncn1. The first-order valence-electron chi connectivity index (χ1n) is 3.02. The third-order valence-corrected chi connectivity index (χ3v) is 2.20. The van der Waals surface area contributed by atoms with Crippen LogP contribution >= 0.6 is 0 Å². The molecular weight excluding hydrogens is 162 g/mol. The number of hydrogen-bond acceptors (Lipinski definition) is 4. The van der Waals surface area contributed by atoms with Gasteiger partial charge in [0.1, 0.15) is 11.4 Å². The largest absolute Gasteiger partial charge is 0.248 e. The molecule has 11 heavy (non-hydrogen) atoms. The highest BCUT2D eigenvalue weighted by molar-refractivity contribution is 7.91. The number of nitrogens with zero attached hydrogens (tertiary/aromatic N) is 2. The minimum atomic E-state index is -2.68. The lowest BCUT2D eigenvalue weighted by molar-refractivity contribution is 0.675. The Kier molecular flexibility index (Phi) is 1.90. The van der Waals surface area contributed by atoms with Gasteiger partial charge in [0, 0.05) is 11.9 Å². The van der Waals surface area contributed by atoms with Gasteiger partial charge in [-0.3, -0.25) is 0 Å². The smallest absolute Gasteiger partial charge is 0.138 e. The van der Waals surface area contributed by atoms with Crippen molar-refractivity contribution in [1.82, 2.24) is 9.97 Å². The molecule has 0 fully saturated rings. The molecule has 4 nitrogen and oxygen atoms in total. The van der Waals surface area contributed by atoms with E-state index in [4.69, 9.17) is 4.78 Å². The molecule has 1 unspecified atom stereocenters. The first-order valence-corrected chi connectivity index (χ1v) is 4.99. The number of rotatable bonds is 1. The van der Waals surface area contributed by atoms with Crippen LogP contribution in [0, 0.1) is 11.7 Å². The fourth-order valence-corrected chi connectivity index (χ4v) is 1.29. The van der Waals surface area contributed by atoms with E-state index in [2.05, 4.69) is 9.97 Å². The molecule has 0 saturated heterocycles. The van der Waals surface area contributed by atoms with Gasteiger partial charge in [-0.25, -0.2) is 19.0 Å². The van der Waals surface area contributed by atoms with Crippen molar-refractivity contribution in [2.24, 2.45) is 0 Å². The lowest BCUT2D eigenvalue weighted by atomic mass is 10.5. The predicted molar refractivity (Wildman–Crippen MR) is 41.8 cm³/mol. The van der Waals surface area contributed by atoms with Crippen molar-refractivity contribution in [2.75, 3.05) is 6.26 Å². The third-order valence-electron chi connectivity index (χ3n) is 1.18. The maximum Gasteiger partial charge on any atom is 0.138 e. The average Bonchev–Trinajstić information content (AvgIpc) is 1.86. The van der Waals surface area contributed by atoms with Crippen LogP contribution in [0.5, 0.6) is 0 Å². The summed E-state index contributed by atoms with van der Waals surface area (Å²) in [5.41, 5.74) is 0.733. The second-order valence-electron chi connectivity index (χ2n) is 2.34. The Labute approximate surface area is 65.7 Å². The summed E-state index contributed by atoms with van der Waals surface area (Å²) < 4.78 is 18.3. The van der Waals surface area contributed by atoms with Crippen LogP contribution < -0.4 is 0 Å². The van der Waals surface area contributed by atoms with Gasteiger partial charge in [0.25, 0.3) is 0 Å². The van der Waals surface area contributed by atoms with E-state index in [0.717, 1.165) is 5.69 Å². The van der Waals surface area contributed by atoms with Crippen molar-refractivity contribution < 1.29 is 4.21 Å². The van der Waals surface area contributed by atoms with E-state index >= 15 is 0 Å². The van der Waals surface area contributed by atoms with Crippen LogP contribution in [0.1, 0.15) is 5.69 Å². The van der Waals surface area contributed by atoms with E-state index in [1.165, 1.54) is 12.6 Å². The highest BCUT2D eigenvalue weighted by atomic mass is 32.2. The van der Waals surface area contributed by atoms with E-state index in [-0.39, 0.29) is 0 Å². The van der Waals surface area contributed by atoms with Gasteiger partial charge in [0.2, 0.25) is 0 Å². The van der Waals surface area contributed by atoms with E-state index in [9.17, 15) is 4.21 Å². The molecule has 1 N–H and O–H groups in total. The Hall–Kier alpha value is -0.970. The molecule has 0 radical (unpaired) electrons. The molecule has 1 atom stereocenters. The van der Waals surface area contributed by atoms with Crippen molar-refractivity contribution in [2.45, 2.75) is 11.9 Å². The van der Waals surface area contributed by atoms with E-state index < -0.39 is 9.73 Å². The van der Waals surface area contributed by atoms with Crippen LogP contribution in [0.3, 0.4) is 0 Å². The molecule has 1 aromatic heterocycles. The van der Waals surface area contributed by atoms with Crippen LogP contribution in [0.15, 0.2) is 17.4 Å². The normalized spacial score (nSPS) is 15.8. The fraction of sp³-hybridized carbons (Fsp3) is 0.333. The second kappa shape index (κ2) is 2.58. The molecule has 0 aliphatic heterocycles. The summed E-state index contributed by atoms with van der Waals surface area (Å²) in [4.78, 5) is 7.57. The fourth-order valence-electron chi connectivity index (χ4n) is 0.643. The molecule has 1 aromatic rings. The molecule has 0 aliphatic carbocycles. The second-order valence-corrected chi connectivity index (χ2v) is 4.45. The summed E-state index contributed by atoms with van der Waals surface area (Å²) in [6.07, 6.45) is 2.66. The maximum atomic E-state index is 11.1. The molecule has 0 aliphatic rings. The standard InChI is InChI=1S/C6H9N3OS/c1-5-3-6(9-4-8-5)11(2,7)10/h3-4,7H,1-2H3. The molecule has 0 amide bonds. The number of nitrogens with one attached hydrogen (secondary N) is 1. The number of hydrogen-bond donors (Lipinski definition) is 1. The van der Waals surface area contributed by atoms with Gasteiger partial charge in [-0.05, 0) is 13.0 Å². The molecule has 60 valence electrons. The van der Waals surface area contributed by atoms with Crippen molar-refractivity contribution in [3.05, 3.63) is 18.1 Å². The van der Waals surface area contributed by atoms with E-state index in [0.29, 0.717) is 5.03 Å². The molecule has 0 saturated carbocycles. The average molecular weight is 171 g/mol. The summed E-state index contributed by atoms with van der Waals surface area (Å²) in [5.74, 6) is 0. The van der Waals surface area contributed by atoms with E-state index in [1.54, 1.807) is 13.0 Å². The minimum Gasteiger partial charge on any atom is -0.248 e. The van der Waals surface area contributed by atoms with Crippen molar-refractivity contribution in [3.63, 3.8) is 0 Å². The first-order chi connectivity index (χ1) is 5.00. The van der Waals surface area contributed by atoms with Crippen molar-refractivity contribution in [3.8, 4) is 0 Å². The first kappa shape index (κ1) is 8.13. The highest BCUT2D eigenvalue weighted by Gasteiger charge is 2.03. The lowest BCUT2D eigenvalue weighted by Gasteiger charge is -1.98. The van der Waals surface area contributed by atoms with Crippen LogP contribution in [0.25, 0.3) is 0 Å². The molecule has 1 rings (SSSR count). The monoisotopic (exact) mass is 171 g/mol. The number of aryl methyl sites for hydroxylation is 1. The van der Waals surface area contributed by atoms with Crippen molar-refractivity contribution in [1.29, 1.82) is 4.78 Å². The summed E-state index contributed by atoms with van der Waals surface area (Å²) in [6.45, 7) is 1.77. The van der Waals surface area contributed by atoms with Gasteiger partial charge in [-0.2, -0.15) is 0 Å². The van der Waals surface area contributed by atoms with Gasteiger partial charge in [-0.1, -0.05) is 0 Å². The molecule has 0 spiro atoms. The maximum absolute atomic E-state index is 11.1. The van der Waals surface area contributed by atoms with Gasteiger partial charge >= 0.3 is 0 Å². The Bertz CT molecular complexity index is 358. The molecule has 0 bridgehead atoms. The van der Waals surface area contributed by atoms with Crippen LogP contribution in [0.4, 0.5) is 0 Å². The van der Waals surface area contributed by atoms with Crippen molar-refractivity contribution >= 4 is 9.73 Å². The van der Waals surface area contributed by atoms with Gasteiger partial charge in [-0.15, -0.1) is 0 Å². The Morgan fingerprint density at radius 2 is 2.18 bits per heavy atom. The lowest BCUT2D eigenvalue weighted by Crippen LogP contribution is -1.99. The Morgan fingerprint density at radius 1 is 1.55 bits per heavy atom. The summed E-state index contributed by atoms with van der Waals surface area (Å²) in [6, 6.07) is 1.56. The Balaban J connectivity index is 3.28. The van der Waals surface area contributed by atoms with Crippen LogP contribution in [-0.4, -0.2) is 20.4 Å². The summed E-state index contributed by atoms with van der Waals surface area (Å²) in [7, 11) is -2.68. The summed E-state index contributed by atoms with van der Waals surface area (Å²) in [5, 5.41) is 0.296. The molecule has 0 aromatic carbocycles. The van der Waals surface area contributed by atoms with Crippen LogP contribution in [0.2, 0.25) is 0 Å². The quantitative estimate of drug-likeness (QED) is 0.636. The van der Waals surface area contributed by atoms with Gasteiger partial charge in [0.05, 0.1) is 9.73 Å². The zero-order chi connectivity index (χ0) is 8.48. The number of aromatic nitrogens is 2. The molecule has 5 heteroatoms. The highest BCUT2D eigenvalue weighted by Crippen LogP contribution is 2.04. The zero-order valence-electron chi connectivity index (χ0n) is 6.37. The topological polar surface area (TPSA) is 66.7 Å². The van der Waals surface area contributed by atoms with Gasteiger partial charge < -0.3 is 0 Å².